The van der Waals surface area contributed by atoms with Crippen LogP contribution in [-0.2, 0) is 0 Å². The zero-order valence-electron chi connectivity index (χ0n) is 20.8. The smallest absolute Gasteiger partial charge is 0.0346 e. The largest absolute Gasteiger partial charge is 0.265 e. The van der Waals surface area contributed by atoms with Gasteiger partial charge in [-0.2, -0.15) is 0 Å². The first-order chi connectivity index (χ1) is 18.9. The molecule has 0 radical (unpaired) electrons. The zero-order chi connectivity index (χ0) is 25.6. The summed E-state index contributed by atoms with van der Waals surface area (Å²) in [6.07, 6.45) is 11.0. The fourth-order valence-electron chi connectivity index (χ4n) is 4.77. The topological polar surface area (TPSA) is 38.7 Å². The molecule has 3 heteroatoms. The molecule has 0 bridgehead atoms. The van der Waals surface area contributed by atoms with Gasteiger partial charge in [0.1, 0.15) is 0 Å². The van der Waals surface area contributed by atoms with Crippen LogP contribution in [0.1, 0.15) is 0 Å². The van der Waals surface area contributed by atoms with Crippen molar-refractivity contribution in [2.24, 2.45) is 0 Å². The molecule has 3 aromatic heterocycles. The van der Waals surface area contributed by atoms with Gasteiger partial charge in [0, 0.05) is 48.3 Å². The molecule has 0 aliphatic heterocycles. The fourth-order valence-corrected chi connectivity index (χ4v) is 4.77. The van der Waals surface area contributed by atoms with Crippen molar-refractivity contribution in [3.8, 4) is 33.4 Å². The Bertz CT molecular complexity index is 1750. The van der Waals surface area contributed by atoms with E-state index in [9.17, 15) is 0 Å². The van der Waals surface area contributed by atoms with Crippen LogP contribution in [0.4, 0.5) is 0 Å². The molecule has 0 spiro atoms. The van der Waals surface area contributed by atoms with Gasteiger partial charge in [-0.15, -0.1) is 0 Å². The van der Waals surface area contributed by atoms with Crippen LogP contribution in [0.25, 0.3) is 54.9 Å². The van der Waals surface area contributed by atoms with E-state index in [0.717, 1.165) is 16.7 Å². The number of aromatic nitrogens is 3. The quantitative estimate of drug-likeness (QED) is 0.234. The van der Waals surface area contributed by atoms with Gasteiger partial charge in [0.05, 0.1) is 0 Å². The molecule has 0 unspecified atom stereocenters. The zero-order valence-corrected chi connectivity index (χ0v) is 20.8. The normalized spacial score (nSPS) is 10.6. The SMILES string of the molecule is c1ccc(-c2ccc3cc4ccccc4cc3c2-c2cccnc2)cc1.c1cncc(-c2ccncc2)c1. The molecule has 0 N–H and O–H groups in total. The number of pyridine rings is 3. The maximum absolute atomic E-state index is 4.36. The van der Waals surface area contributed by atoms with E-state index in [-0.39, 0.29) is 0 Å². The number of fused-ring (bicyclic) bond motifs is 2. The Kier molecular flexibility index (Phi) is 6.64. The van der Waals surface area contributed by atoms with Crippen molar-refractivity contribution in [1.82, 2.24) is 15.0 Å². The number of nitrogens with zero attached hydrogens (tertiary/aromatic N) is 3. The third-order valence-corrected chi connectivity index (χ3v) is 6.60. The minimum Gasteiger partial charge on any atom is -0.265 e. The molecule has 3 heterocycles. The summed E-state index contributed by atoms with van der Waals surface area (Å²) in [6.45, 7) is 0. The summed E-state index contributed by atoms with van der Waals surface area (Å²) in [6, 6.07) is 40.2. The van der Waals surface area contributed by atoms with Crippen molar-refractivity contribution in [2.45, 2.75) is 0 Å². The van der Waals surface area contributed by atoms with Crippen molar-refractivity contribution in [3.63, 3.8) is 0 Å². The van der Waals surface area contributed by atoms with Crippen LogP contribution in [0.5, 0.6) is 0 Å². The Morgan fingerprint density at radius 3 is 1.68 bits per heavy atom. The van der Waals surface area contributed by atoms with Crippen molar-refractivity contribution in [1.29, 1.82) is 0 Å². The monoisotopic (exact) mass is 487 g/mol. The van der Waals surface area contributed by atoms with E-state index in [4.69, 9.17) is 0 Å². The lowest BCUT2D eigenvalue weighted by atomic mass is 9.89. The predicted molar refractivity (Wildman–Crippen MR) is 158 cm³/mol. The van der Waals surface area contributed by atoms with Crippen molar-refractivity contribution >= 4 is 21.5 Å². The van der Waals surface area contributed by atoms with E-state index in [1.807, 2.05) is 48.9 Å². The molecule has 180 valence electrons. The van der Waals surface area contributed by atoms with Gasteiger partial charge < -0.3 is 0 Å². The van der Waals surface area contributed by atoms with E-state index in [1.54, 1.807) is 18.6 Å². The first-order valence-corrected chi connectivity index (χ1v) is 12.6. The second kappa shape index (κ2) is 10.9. The predicted octanol–water partition coefficient (Wildman–Crippen LogP) is 8.87. The summed E-state index contributed by atoms with van der Waals surface area (Å²) in [4.78, 5) is 12.4. The lowest BCUT2D eigenvalue weighted by Gasteiger charge is -2.15. The molecule has 0 amide bonds. The van der Waals surface area contributed by atoms with Crippen molar-refractivity contribution in [3.05, 3.63) is 152 Å². The van der Waals surface area contributed by atoms with Crippen LogP contribution >= 0.6 is 0 Å². The van der Waals surface area contributed by atoms with Gasteiger partial charge in [-0.05, 0) is 80.2 Å². The molecule has 0 saturated carbocycles. The summed E-state index contributed by atoms with van der Waals surface area (Å²) in [5.41, 5.74) is 7.13. The molecular weight excluding hydrogens is 462 g/mol. The summed E-state index contributed by atoms with van der Waals surface area (Å²) in [7, 11) is 0. The molecule has 3 nitrogen and oxygen atoms in total. The summed E-state index contributed by atoms with van der Waals surface area (Å²) in [5, 5.41) is 5.04. The van der Waals surface area contributed by atoms with Gasteiger partial charge in [-0.3, -0.25) is 15.0 Å². The summed E-state index contributed by atoms with van der Waals surface area (Å²) < 4.78 is 0. The fraction of sp³-hybridized carbons (Fsp3) is 0. The Balaban J connectivity index is 0.000000184. The van der Waals surface area contributed by atoms with Crippen molar-refractivity contribution < 1.29 is 0 Å². The summed E-state index contributed by atoms with van der Waals surface area (Å²) >= 11 is 0. The third kappa shape index (κ3) is 4.91. The van der Waals surface area contributed by atoms with Gasteiger partial charge >= 0.3 is 0 Å². The molecule has 7 rings (SSSR count). The van der Waals surface area contributed by atoms with Crippen LogP contribution < -0.4 is 0 Å². The second-order valence-corrected chi connectivity index (χ2v) is 8.99. The lowest BCUT2D eigenvalue weighted by molar-refractivity contribution is 1.30. The van der Waals surface area contributed by atoms with E-state index >= 15 is 0 Å². The first-order valence-electron chi connectivity index (χ1n) is 12.6. The van der Waals surface area contributed by atoms with Crippen LogP contribution in [-0.4, -0.2) is 15.0 Å². The average molecular weight is 488 g/mol. The molecule has 38 heavy (non-hydrogen) atoms. The lowest BCUT2D eigenvalue weighted by Crippen LogP contribution is -1.89. The van der Waals surface area contributed by atoms with Gasteiger partial charge in [-0.25, -0.2) is 0 Å². The highest BCUT2D eigenvalue weighted by atomic mass is 14.6. The first kappa shape index (κ1) is 23.3. The number of rotatable bonds is 3. The highest BCUT2D eigenvalue weighted by Gasteiger charge is 2.12. The van der Waals surface area contributed by atoms with Gasteiger partial charge in [0.25, 0.3) is 0 Å². The van der Waals surface area contributed by atoms with Crippen LogP contribution in [0.2, 0.25) is 0 Å². The maximum atomic E-state index is 4.36. The number of hydrogen-bond donors (Lipinski definition) is 0. The van der Waals surface area contributed by atoms with E-state index < -0.39 is 0 Å². The second-order valence-electron chi connectivity index (χ2n) is 8.99. The van der Waals surface area contributed by atoms with Crippen LogP contribution in [0.3, 0.4) is 0 Å². The number of benzene rings is 4. The Labute approximate surface area is 222 Å². The molecule has 0 saturated heterocycles. The molecule has 0 aliphatic rings. The highest BCUT2D eigenvalue weighted by molar-refractivity contribution is 6.09. The van der Waals surface area contributed by atoms with Gasteiger partial charge in [0.2, 0.25) is 0 Å². The standard InChI is InChI=1S/C25H17N.C10H8N2/c1-2-7-18(8-3-1)23-13-12-21-15-19-9-4-5-10-20(19)16-24(21)25(23)22-11-6-14-26-17-22;1-2-10(8-12-5-1)9-3-6-11-7-4-9/h1-17H;1-8H. The molecule has 0 atom stereocenters. The number of hydrogen-bond acceptors (Lipinski definition) is 3. The van der Waals surface area contributed by atoms with Crippen molar-refractivity contribution in [2.75, 3.05) is 0 Å². The molecule has 0 fully saturated rings. The van der Waals surface area contributed by atoms with Gasteiger partial charge in [-0.1, -0.05) is 78.9 Å². The Hall–Kier alpha value is -5.15. The van der Waals surface area contributed by atoms with Crippen LogP contribution in [0, 0.1) is 0 Å². The summed E-state index contributed by atoms with van der Waals surface area (Å²) in [5.74, 6) is 0. The highest BCUT2D eigenvalue weighted by Crippen LogP contribution is 2.39. The average Bonchev–Trinajstić information content (AvgIpc) is 3.01. The molecular formula is C35H25N3. The minimum atomic E-state index is 1.12. The third-order valence-electron chi connectivity index (χ3n) is 6.60. The van der Waals surface area contributed by atoms with E-state index in [2.05, 4.69) is 99.9 Å². The van der Waals surface area contributed by atoms with E-state index in [0.29, 0.717) is 0 Å². The van der Waals surface area contributed by atoms with Gasteiger partial charge in [0.15, 0.2) is 0 Å². The Morgan fingerprint density at radius 2 is 1.00 bits per heavy atom. The van der Waals surface area contributed by atoms with Crippen LogP contribution in [0.15, 0.2) is 152 Å². The van der Waals surface area contributed by atoms with E-state index in [1.165, 1.54) is 38.2 Å². The molecule has 7 aromatic rings. The minimum absolute atomic E-state index is 1.12. The molecule has 0 aliphatic carbocycles. The Morgan fingerprint density at radius 1 is 0.368 bits per heavy atom. The molecule has 4 aromatic carbocycles. The maximum Gasteiger partial charge on any atom is 0.0346 e.